The lowest BCUT2D eigenvalue weighted by Gasteiger charge is -2.21. The molecule has 0 N–H and O–H groups in total. The first kappa shape index (κ1) is 11.0. The normalized spacial score (nSPS) is 12.3. The van der Waals surface area contributed by atoms with Crippen molar-refractivity contribution >= 4 is 6.08 Å². The Morgan fingerprint density at radius 2 is 1.79 bits per heavy atom. The first-order valence-electron chi connectivity index (χ1n) is 5.31. The van der Waals surface area contributed by atoms with Gasteiger partial charge in [-0.3, -0.25) is 0 Å². The van der Waals surface area contributed by atoms with Gasteiger partial charge in [0.25, 0.3) is 0 Å². The molecule has 0 saturated carbocycles. The van der Waals surface area contributed by atoms with Crippen molar-refractivity contribution in [3.05, 3.63) is 41.5 Å². The molecule has 0 aliphatic carbocycles. The third kappa shape index (κ3) is 2.73. The van der Waals surface area contributed by atoms with Crippen LogP contribution in [0.25, 0.3) is 6.08 Å². The van der Waals surface area contributed by atoms with Crippen LogP contribution in [0.5, 0.6) is 0 Å². The molecule has 0 amide bonds. The summed E-state index contributed by atoms with van der Waals surface area (Å²) in [6, 6.07) is 8.62. The van der Waals surface area contributed by atoms with Gasteiger partial charge in [0.05, 0.1) is 0 Å². The van der Waals surface area contributed by atoms with E-state index in [1.165, 1.54) is 11.1 Å². The zero-order valence-electron chi connectivity index (χ0n) is 9.67. The Balaban J connectivity index is 3.10. The first-order chi connectivity index (χ1) is 6.55. The standard InChI is InChI=1S/C14H20/c1-5-6-9-12-10-7-8-11-13(12)14(2,3)4/h6-11H,5H2,1-4H3/b9-6+. The van der Waals surface area contributed by atoms with Crippen molar-refractivity contribution < 1.29 is 0 Å². The third-order valence-corrected chi connectivity index (χ3v) is 2.30. The van der Waals surface area contributed by atoms with Crippen LogP contribution < -0.4 is 0 Å². The van der Waals surface area contributed by atoms with Gasteiger partial charge in [-0.1, -0.05) is 64.1 Å². The van der Waals surface area contributed by atoms with Gasteiger partial charge in [-0.15, -0.1) is 0 Å². The van der Waals surface area contributed by atoms with Crippen LogP contribution in [0.15, 0.2) is 30.3 Å². The second-order valence-corrected chi connectivity index (χ2v) is 4.65. The van der Waals surface area contributed by atoms with Crippen molar-refractivity contribution in [3.8, 4) is 0 Å². The summed E-state index contributed by atoms with van der Waals surface area (Å²) in [6.07, 6.45) is 5.53. The molecule has 76 valence electrons. The molecule has 0 aliphatic rings. The molecule has 0 heteroatoms. The third-order valence-electron chi connectivity index (χ3n) is 2.30. The zero-order chi connectivity index (χ0) is 10.6. The fraction of sp³-hybridized carbons (Fsp3) is 0.429. The molecule has 0 unspecified atom stereocenters. The van der Waals surface area contributed by atoms with E-state index in [0.717, 1.165) is 6.42 Å². The number of rotatable bonds is 2. The van der Waals surface area contributed by atoms with Crippen LogP contribution in [-0.4, -0.2) is 0 Å². The van der Waals surface area contributed by atoms with E-state index in [-0.39, 0.29) is 5.41 Å². The summed E-state index contributed by atoms with van der Waals surface area (Å²) in [5.41, 5.74) is 3.00. The number of hydrogen-bond acceptors (Lipinski definition) is 0. The van der Waals surface area contributed by atoms with Crippen molar-refractivity contribution in [1.82, 2.24) is 0 Å². The molecule has 0 bridgehead atoms. The van der Waals surface area contributed by atoms with Crippen LogP contribution in [0.2, 0.25) is 0 Å². The van der Waals surface area contributed by atoms with E-state index in [9.17, 15) is 0 Å². The van der Waals surface area contributed by atoms with E-state index in [2.05, 4.69) is 64.1 Å². The lowest BCUT2D eigenvalue weighted by molar-refractivity contribution is 0.589. The van der Waals surface area contributed by atoms with Gasteiger partial charge in [-0.2, -0.15) is 0 Å². The van der Waals surface area contributed by atoms with Crippen molar-refractivity contribution in [2.75, 3.05) is 0 Å². The Hall–Kier alpha value is -1.04. The minimum atomic E-state index is 0.231. The second kappa shape index (κ2) is 4.45. The predicted octanol–water partition coefficient (Wildman–Crippen LogP) is 4.41. The van der Waals surface area contributed by atoms with Crippen LogP contribution in [-0.2, 0) is 5.41 Å². The molecule has 0 spiro atoms. The van der Waals surface area contributed by atoms with Crippen molar-refractivity contribution in [2.45, 2.75) is 39.5 Å². The number of hydrogen-bond donors (Lipinski definition) is 0. The lowest BCUT2D eigenvalue weighted by Crippen LogP contribution is -2.12. The fourth-order valence-corrected chi connectivity index (χ4v) is 1.57. The molecule has 0 saturated heterocycles. The highest BCUT2D eigenvalue weighted by atomic mass is 14.2. The SMILES string of the molecule is CC/C=C/c1ccccc1C(C)(C)C. The molecular formula is C14H20. The van der Waals surface area contributed by atoms with Crippen LogP contribution >= 0.6 is 0 Å². The monoisotopic (exact) mass is 188 g/mol. The van der Waals surface area contributed by atoms with E-state index >= 15 is 0 Å². The summed E-state index contributed by atoms with van der Waals surface area (Å²) in [7, 11) is 0. The van der Waals surface area contributed by atoms with Gasteiger partial charge in [0.2, 0.25) is 0 Å². The van der Waals surface area contributed by atoms with Gasteiger partial charge in [0.1, 0.15) is 0 Å². The van der Waals surface area contributed by atoms with Crippen molar-refractivity contribution in [3.63, 3.8) is 0 Å². The summed E-state index contributed by atoms with van der Waals surface area (Å²) in [5, 5.41) is 0. The van der Waals surface area contributed by atoms with Gasteiger partial charge in [-0.05, 0) is 23.0 Å². The summed E-state index contributed by atoms with van der Waals surface area (Å²) >= 11 is 0. The average molecular weight is 188 g/mol. The van der Waals surface area contributed by atoms with Gasteiger partial charge in [0.15, 0.2) is 0 Å². The Bertz CT molecular complexity index is 313. The molecule has 0 radical (unpaired) electrons. The Kier molecular flexibility index (Phi) is 3.51. The van der Waals surface area contributed by atoms with E-state index in [0.29, 0.717) is 0 Å². The van der Waals surface area contributed by atoms with Crippen molar-refractivity contribution in [1.29, 1.82) is 0 Å². The van der Waals surface area contributed by atoms with Gasteiger partial charge in [0, 0.05) is 0 Å². The van der Waals surface area contributed by atoms with E-state index in [4.69, 9.17) is 0 Å². The smallest absolute Gasteiger partial charge is 0.0126 e. The quantitative estimate of drug-likeness (QED) is 0.645. The topological polar surface area (TPSA) is 0 Å². The maximum absolute atomic E-state index is 2.26. The molecule has 1 rings (SSSR count). The molecule has 0 aromatic heterocycles. The highest BCUT2D eigenvalue weighted by Crippen LogP contribution is 2.26. The largest absolute Gasteiger partial charge is 0.0842 e. The fourth-order valence-electron chi connectivity index (χ4n) is 1.57. The molecule has 1 aromatic carbocycles. The molecular weight excluding hydrogens is 168 g/mol. The maximum Gasteiger partial charge on any atom is -0.0126 e. The molecule has 0 heterocycles. The zero-order valence-corrected chi connectivity index (χ0v) is 9.67. The molecule has 14 heavy (non-hydrogen) atoms. The molecule has 0 atom stereocenters. The predicted molar refractivity (Wildman–Crippen MR) is 64.5 cm³/mol. The van der Waals surface area contributed by atoms with E-state index in [1.807, 2.05) is 0 Å². The van der Waals surface area contributed by atoms with Crippen LogP contribution in [0.1, 0.15) is 45.2 Å². The number of allylic oxidation sites excluding steroid dienone is 1. The maximum atomic E-state index is 2.26. The first-order valence-corrected chi connectivity index (χ1v) is 5.31. The van der Waals surface area contributed by atoms with Gasteiger partial charge in [-0.25, -0.2) is 0 Å². The lowest BCUT2D eigenvalue weighted by atomic mass is 9.84. The summed E-state index contributed by atoms with van der Waals surface area (Å²) in [4.78, 5) is 0. The number of benzene rings is 1. The second-order valence-electron chi connectivity index (χ2n) is 4.65. The molecule has 0 nitrogen and oxygen atoms in total. The average Bonchev–Trinajstić information content (AvgIpc) is 2.14. The van der Waals surface area contributed by atoms with Gasteiger partial charge >= 0.3 is 0 Å². The highest BCUT2D eigenvalue weighted by Gasteiger charge is 2.15. The van der Waals surface area contributed by atoms with Crippen LogP contribution in [0, 0.1) is 0 Å². The summed E-state index contributed by atoms with van der Waals surface area (Å²) in [5.74, 6) is 0. The Morgan fingerprint density at radius 3 is 2.36 bits per heavy atom. The minimum absolute atomic E-state index is 0.231. The van der Waals surface area contributed by atoms with Crippen molar-refractivity contribution in [2.24, 2.45) is 0 Å². The molecule has 0 fully saturated rings. The van der Waals surface area contributed by atoms with Crippen LogP contribution in [0.4, 0.5) is 0 Å². The Labute approximate surface area is 87.7 Å². The molecule has 0 aliphatic heterocycles. The van der Waals surface area contributed by atoms with Gasteiger partial charge < -0.3 is 0 Å². The van der Waals surface area contributed by atoms with E-state index in [1.54, 1.807) is 0 Å². The summed E-state index contributed by atoms with van der Waals surface area (Å²) < 4.78 is 0. The van der Waals surface area contributed by atoms with E-state index < -0.39 is 0 Å². The summed E-state index contributed by atoms with van der Waals surface area (Å²) in [6.45, 7) is 8.93. The minimum Gasteiger partial charge on any atom is -0.0842 e. The Morgan fingerprint density at radius 1 is 1.14 bits per heavy atom. The highest BCUT2D eigenvalue weighted by molar-refractivity contribution is 5.55. The van der Waals surface area contributed by atoms with Crippen LogP contribution in [0.3, 0.4) is 0 Å². The molecule has 1 aromatic rings.